The van der Waals surface area contributed by atoms with Crippen LogP contribution in [0.15, 0.2) is 94.9 Å². The SMILES string of the molecule is C[C@@H](SC1=Nc2ccccc2C2=N[C@H](Cc3ccccc3)C(=O)N12)C(=O)NCc1ccccc1. The summed E-state index contributed by atoms with van der Waals surface area (Å²) in [7, 11) is 0. The number of hydrogen-bond donors (Lipinski definition) is 1. The second-order valence-electron chi connectivity index (χ2n) is 8.21. The zero-order valence-electron chi connectivity index (χ0n) is 18.7. The van der Waals surface area contributed by atoms with Gasteiger partial charge in [0, 0.05) is 18.5 Å². The molecule has 2 heterocycles. The van der Waals surface area contributed by atoms with Crippen molar-refractivity contribution in [1.82, 2.24) is 10.2 Å². The fourth-order valence-electron chi connectivity index (χ4n) is 3.99. The van der Waals surface area contributed by atoms with Crippen molar-refractivity contribution in [2.24, 2.45) is 9.98 Å². The Hall–Kier alpha value is -3.71. The van der Waals surface area contributed by atoms with Gasteiger partial charge in [-0.15, -0.1) is 0 Å². The number of carbonyl (C=O) groups excluding carboxylic acids is 2. The van der Waals surface area contributed by atoms with Crippen LogP contribution < -0.4 is 5.32 Å². The minimum absolute atomic E-state index is 0.110. The lowest BCUT2D eigenvalue weighted by atomic mass is 10.1. The third kappa shape index (κ3) is 4.52. The summed E-state index contributed by atoms with van der Waals surface area (Å²) in [5, 5.41) is 3.02. The number of carbonyl (C=O) groups is 2. The molecule has 170 valence electrons. The molecule has 3 aromatic rings. The smallest absolute Gasteiger partial charge is 0.259 e. The summed E-state index contributed by atoms with van der Waals surface area (Å²) in [5.74, 6) is 0.383. The number of amidine groups is 2. The molecular formula is C27H24N4O2S. The van der Waals surface area contributed by atoms with E-state index in [0.29, 0.717) is 24.0 Å². The summed E-state index contributed by atoms with van der Waals surface area (Å²) in [5.41, 5.74) is 3.67. The molecule has 0 unspecified atom stereocenters. The van der Waals surface area contributed by atoms with Crippen molar-refractivity contribution in [2.45, 2.75) is 31.2 Å². The predicted molar refractivity (Wildman–Crippen MR) is 136 cm³/mol. The molecule has 0 saturated heterocycles. The second-order valence-corrected chi connectivity index (χ2v) is 9.51. The maximum absolute atomic E-state index is 13.4. The fourth-order valence-corrected chi connectivity index (χ4v) is 4.93. The van der Waals surface area contributed by atoms with E-state index in [1.54, 1.807) is 4.90 Å². The first-order valence-corrected chi connectivity index (χ1v) is 12.1. The average molecular weight is 469 g/mol. The van der Waals surface area contributed by atoms with E-state index in [4.69, 9.17) is 9.98 Å². The number of fused-ring (bicyclic) bond motifs is 3. The fraction of sp³-hybridized carbons (Fsp3) is 0.185. The molecule has 2 atom stereocenters. The molecule has 2 amide bonds. The minimum Gasteiger partial charge on any atom is -0.351 e. The Labute approximate surface area is 202 Å². The number of thioether (sulfide) groups is 1. The zero-order valence-corrected chi connectivity index (χ0v) is 19.5. The molecule has 34 heavy (non-hydrogen) atoms. The summed E-state index contributed by atoms with van der Waals surface area (Å²) in [6.07, 6.45) is 0.521. The summed E-state index contributed by atoms with van der Waals surface area (Å²) < 4.78 is 0. The monoisotopic (exact) mass is 468 g/mol. The van der Waals surface area contributed by atoms with Crippen LogP contribution in [0.5, 0.6) is 0 Å². The van der Waals surface area contributed by atoms with Crippen molar-refractivity contribution >= 4 is 40.3 Å². The Morgan fingerprint density at radius 3 is 2.35 bits per heavy atom. The molecule has 3 aromatic carbocycles. The van der Waals surface area contributed by atoms with Gasteiger partial charge in [0.15, 0.2) is 5.17 Å². The number of nitrogens with zero attached hydrogens (tertiary/aromatic N) is 3. The van der Waals surface area contributed by atoms with Gasteiger partial charge in [-0.25, -0.2) is 9.89 Å². The van der Waals surface area contributed by atoms with Crippen molar-refractivity contribution in [3.63, 3.8) is 0 Å². The van der Waals surface area contributed by atoms with Crippen LogP contribution >= 0.6 is 11.8 Å². The van der Waals surface area contributed by atoms with Crippen molar-refractivity contribution in [3.05, 3.63) is 102 Å². The first-order chi connectivity index (χ1) is 16.6. The van der Waals surface area contributed by atoms with E-state index in [1.807, 2.05) is 91.9 Å². The number of hydrogen-bond acceptors (Lipinski definition) is 5. The highest BCUT2D eigenvalue weighted by molar-refractivity contribution is 8.15. The lowest BCUT2D eigenvalue weighted by molar-refractivity contribution is -0.124. The van der Waals surface area contributed by atoms with Gasteiger partial charge in [0.25, 0.3) is 5.91 Å². The second kappa shape index (κ2) is 9.65. The molecule has 2 aliphatic rings. The standard InChI is InChI=1S/C27H24N4O2S/c1-18(25(32)28-17-20-12-6-3-7-13-20)34-27-30-22-15-9-8-14-21(22)24-29-23(26(33)31(24)27)16-19-10-4-2-5-11-19/h2-15,18,23H,16-17H2,1H3,(H,28,32)/t18-,23-/m1/s1. The van der Waals surface area contributed by atoms with Crippen LogP contribution in [0.25, 0.3) is 0 Å². The highest BCUT2D eigenvalue weighted by Crippen LogP contribution is 2.35. The zero-order chi connectivity index (χ0) is 23.5. The normalized spacial score (nSPS) is 17.4. The predicted octanol–water partition coefficient (Wildman–Crippen LogP) is 4.33. The third-order valence-electron chi connectivity index (χ3n) is 5.78. The molecule has 6 nitrogen and oxygen atoms in total. The number of aliphatic imine (C=N–C) groups is 2. The molecule has 1 N–H and O–H groups in total. The summed E-state index contributed by atoms with van der Waals surface area (Å²) >= 11 is 1.28. The molecule has 0 aliphatic carbocycles. The van der Waals surface area contributed by atoms with E-state index < -0.39 is 11.3 Å². The van der Waals surface area contributed by atoms with Gasteiger partial charge < -0.3 is 5.32 Å². The van der Waals surface area contributed by atoms with Gasteiger partial charge in [0.2, 0.25) is 5.91 Å². The van der Waals surface area contributed by atoms with E-state index in [0.717, 1.165) is 22.4 Å². The maximum Gasteiger partial charge on any atom is 0.259 e. The molecule has 0 radical (unpaired) electrons. The van der Waals surface area contributed by atoms with Crippen LogP contribution in [0.1, 0.15) is 23.6 Å². The van der Waals surface area contributed by atoms with E-state index in [9.17, 15) is 9.59 Å². The van der Waals surface area contributed by atoms with Crippen LogP contribution in [0, 0.1) is 0 Å². The van der Waals surface area contributed by atoms with Gasteiger partial charge in [-0.05, 0) is 30.2 Å². The Morgan fingerprint density at radius 1 is 0.971 bits per heavy atom. The molecular weight excluding hydrogens is 444 g/mol. The molecule has 0 bridgehead atoms. The molecule has 0 spiro atoms. The molecule has 5 rings (SSSR count). The summed E-state index contributed by atoms with van der Waals surface area (Å²) in [6, 6.07) is 26.8. The number of nitrogens with one attached hydrogen (secondary N) is 1. The molecule has 2 aliphatic heterocycles. The highest BCUT2D eigenvalue weighted by Gasteiger charge is 2.42. The topological polar surface area (TPSA) is 74.1 Å². The summed E-state index contributed by atoms with van der Waals surface area (Å²) in [4.78, 5) is 37.4. The van der Waals surface area contributed by atoms with Crippen LogP contribution in [0.2, 0.25) is 0 Å². The lowest BCUT2D eigenvalue weighted by Gasteiger charge is -2.27. The Morgan fingerprint density at radius 2 is 1.62 bits per heavy atom. The highest BCUT2D eigenvalue weighted by atomic mass is 32.2. The van der Waals surface area contributed by atoms with E-state index in [2.05, 4.69) is 5.32 Å². The first kappa shape index (κ1) is 22.1. The van der Waals surface area contributed by atoms with E-state index in [1.165, 1.54) is 11.8 Å². The molecule has 0 fully saturated rings. The van der Waals surface area contributed by atoms with Crippen LogP contribution in [-0.2, 0) is 22.6 Å². The number of para-hydroxylation sites is 1. The average Bonchev–Trinajstić information content (AvgIpc) is 3.20. The van der Waals surface area contributed by atoms with Gasteiger partial charge in [0.1, 0.15) is 11.9 Å². The van der Waals surface area contributed by atoms with Gasteiger partial charge in [-0.1, -0.05) is 84.6 Å². The molecule has 7 heteroatoms. The first-order valence-electron chi connectivity index (χ1n) is 11.2. The molecule has 0 aromatic heterocycles. The summed E-state index contributed by atoms with van der Waals surface area (Å²) in [6.45, 7) is 2.28. The van der Waals surface area contributed by atoms with Crippen LogP contribution in [0.4, 0.5) is 5.69 Å². The van der Waals surface area contributed by atoms with Gasteiger partial charge in [-0.3, -0.25) is 14.6 Å². The van der Waals surface area contributed by atoms with E-state index >= 15 is 0 Å². The van der Waals surface area contributed by atoms with Crippen molar-refractivity contribution < 1.29 is 9.59 Å². The van der Waals surface area contributed by atoms with E-state index in [-0.39, 0.29) is 11.8 Å². The number of benzene rings is 3. The Balaban J connectivity index is 1.36. The third-order valence-corrected chi connectivity index (χ3v) is 6.83. The van der Waals surface area contributed by atoms with Crippen molar-refractivity contribution in [3.8, 4) is 0 Å². The largest absolute Gasteiger partial charge is 0.351 e. The minimum atomic E-state index is -0.517. The number of rotatable bonds is 6. The lowest BCUT2D eigenvalue weighted by Crippen LogP contribution is -2.43. The van der Waals surface area contributed by atoms with Crippen LogP contribution in [0.3, 0.4) is 0 Å². The van der Waals surface area contributed by atoms with Crippen molar-refractivity contribution in [2.75, 3.05) is 0 Å². The van der Waals surface area contributed by atoms with Crippen molar-refractivity contribution in [1.29, 1.82) is 0 Å². The number of amides is 2. The quantitative estimate of drug-likeness (QED) is 0.585. The van der Waals surface area contributed by atoms with Gasteiger partial charge >= 0.3 is 0 Å². The Kier molecular flexibility index (Phi) is 6.27. The van der Waals surface area contributed by atoms with Crippen LogP contribution in [-0.4, -0.2) is 39.0 Å². The molecule has 0 saturated carbocycles. The Bertz CT molecular complexity index is 1270. The maximum atomic E-state index is 13.4. The van der Waals surface area contributed by atoms with Gasteiger partial charge in [0.05, 0.1) is 10.9 Å². The van der Waals surface area contributed by atoms with Gasteiger partial charge in [-0.2, -0.15) is 0 Å².